The first-order chi connectivity index (χ1) is 12.7. The summed E-state index contributed by atoms with van der Waals surface area (Å²) in [6, 6.07) is 15.6. The Morgan fingerprint density at radius 1 is 1.08 bits per heavy atom. The third kappa shape index (κ3) is 2.80. The minimum Gasteiger partial charge on any atom is -0.478 e. The van der Waals surface area contributed by atoms with Crippen molar-refractivity contribution >= 4 is 22.6 Å². The topological polar surface area (TPSA) is 65.5 Å². The maximum Gasteiger partial charge on any atom is 0.338 e. The van der Waals surface area contributed by atoms with Crippen LogP contribution in [-0.4, -0.2) is 42.2 Å². The number of aromatic carboxylic acids is 1. The zero-order chi connectivity index (χ0) is 18.1. The van der Waals surface area contributed by atoms with Crippen LogP contribution in [0.5, 0.6) is 0 Å². The Balaban J connectivity index is 2.10. The molecule has 4 rings (SSSR count). The number of benzene rings is 2. The van der Waals surface area contributed by atoms with Gasteiger partial charge in [-0.05, 0) is 18.6 Å². The van der Waals surface area contributed by atoms with Crippen molar-refractivity contribution in [3.05, 3.63) is 59.7 Å². The fraction of sp³-hybridized carbons (Fsp3) is 0.238. The standard InChI is InChI=1S/C21H21N3O2/c1-14-6-5-9-16-17(14)18(21(25)26)20(24-12-10-22-11-13-24)19(23-16)15-7-3-2-4-8-15/h2-9,22H,10-13H2,1H3,(H,25,26). The number of hydrogen-bond acceptors (Lipinski definition) is 4. The predicted octanol–water partition coefficient (Wildman–Crippen LogP) is 3.32. The number of aromatic nitrogens is 1. The van der Waals surface area contributed by atoms with E-state index >= 15 is 0 Å². The summed E-state index contributed by atoms with van der Waals surface area (Å²) < 4.78 is 0. The van der Waals surface area contributed by atoms with Crippen molar-refractivity contribution in [1.29, 1.82) is 0 Å². The lowest BCUT2D eigenvalue weighted by Crippen LogP contribution is -2.44. The molecule has 5 nitrogen and oxygen atoms in total. The van der Waals surface area contributed by atoms with Gasteiger partial charge in [0.05, 0.1) is 22.5 Å². The number of rotatable bonds is 3. The maximum absolute atomic E-state index is 12.3. The summed E-state index contributed by atoms with van der Waals surface area (Å²) in [6.07, 6.45) is 0. The molecular weight excluding hydrogens is 326 g/mol. The summed E-state index contributed by atoms with van der Waals surface area (Å²) in [5.41, 5.74) is 4.42. The van der Waals surface area contributed by atoms with Gasteiger partial charge in [-0.2, -0.15) is 0 Å². The third-order valence-electron chi connectivity index (χ3n) is 4.89. The zero-order valence-corrected chi connectivity index (χ0v) is 14.7. The first-order valence-electron chi connectivity index (χ1n) is 8.84. The van der Waals surface area contributed by atoms with Gasteiger partial charge in [-0.1, -0.05) is 42.5 Å². The number of pyridine rings is 1. The van der Waals surface area contributed by atoms with Gasteiger partial charge in [0.1, 0.15) is 0 Å². The lowest BCUT2D eigenvalue weighted by atomic mass is 9.97. The molecule has 0 saturated carbocycles. The number of nitrogens with zero attached hydrogens (tertiary/aromatic N) is 2. The summed E-state index contributed by atoms with van der Waals surface area (Å²) in [5, 5.41) is 14.2. The van der Waals surface area contributed by atoms with E-state index in [0.29, 0.717) is 5.56 Å². The highest BCUT2D eigenvalue weighted by Gasteiger charge is 2.27. The molecule has 0 radical (unpaired) electrons. The molecule has 3 aromatic rings. The first-order valence-corrected chi connectivity index (χ1v) is 8.84. The minimum atomic E-state index is -0.905. The number of piperazine rings is 1. The monoisotopic (exact) mass is 347 g/mol. The summed E-state index contributed by atoms with van der Waals surface area (Å²) in [7, 11) is 0. The molecule has 2 N–H and O–H groups in total. The molecule has 26 heavy (non-hydrogen) atoms. The second-order valence-electron chi connectivity index (χ2n) is 6.56. The molecule has 0 unspecified atom stereocenters. The van der Waals surface area contributed by atoms with E-state index in [0.717, 1.165) is 59.6 Å². The van der Waals surface area contributed by atoms with Crippen molar-refractivity contribution in [3.8, 4) is 11.3 Å². The van der Waals surface area contributed by atoms with Crippen LogP contribution in [0.1, 0.15) is 15.9 Å². The molecule has 1 aromatic heterocycles. The fourth-order valence-corrected chi connectivity index (χ4v) is 3.68. The highest BCUT2D eigenvalue weighted by Crippen LogP contribution is 2.38. The van der Waals surface area contributed by atoms with Crippen molar-refractivity contribution in [2.45, 2.75) is 6.92 Å². The zero-order valence-electron chi connectivity index (χ0n) is 14.7. The molecule has 132 valence electrons. The van der Waals surface area contributed by atoms with Gasteiger partial charge in [0.25, 0.3) is 0 Å². The van der Waals surface area contributed by atoms with Gasteiger partial charge in [0.2, 0.25) is 0 Å². The number of carboxylic acid groups (broad SMARTS) is 1. The Labute approximate surface area is 152 Å². The van der Waals surface area contributed by atoms with Crippen LogP contribution >= 0.6 is 0 Å². The molecule has 0 atom stereocenters. The van der Waals surface area contributed by atoms with E-state index in [1.165, 1.54) is 0 Å². The number of aryl methyl sites for hydroxylation is 1. The Bertz CT molecular complexity index is 964. The van der Waals surface area contributed by atoms with Crippen molar-refractivity contribution < 1.29 is 9.90 Å². The van der Waals surface area contributed by atoms with E-state index in [-0.39, 0.29) is 0 Å². The maximum atomic E-state index is 12.3. The van der Waals surface area contributed by atoms with E-state index in [1.54, 1.807) is 0 Å². The number of carboxylic acids is 1. The van der Waals surface area contributed by atoms with Crippen LogP contribution in [-0.2, 0) is 0 Å². The van der Waals surface area contributed by atoms with Crippen LogP contribution in [0.15, 0.2) is 48.5 Å². The molecular formula is C21H21N3O2. The molecule has 1 fully saturated rings. The van der Waals surface area contributed by atoms with Crippen molar-refractivity contribution in [2.24, 2.45) is 0 Å². The molecule has 1 saturated heterocycles. The largest absolute Gasteiger partial charge is 0.478 e. The Morgan fingerprint density at radius 2 is 1.81 bits per heavy atom. The van der Waals surface area contributed by atoms with Crippen LogP contribution in [0.3, 0.4) is 0 Å². The highest BCUT2D eigenvalue weighted by atomic mass is 16.4. The molecule has 1 aliphatic rings. The molecule has 0 bridgehead atoms. The van der Waals surface area contributed by atoms with E-state index in [9.17, 15) is 9.90 Å². The second kappa shape index (κ2) is 6.77. The van der Waals surface area contributed by atoms with E-state index in [1.807, 2.05) is 55.5 Å². The molecule has 2 aromatic carbocycles. The molecule has 5 heteroatoms. The normalized spacial score (nSPS) is 14.6. The number of anilines is 1. The van der Waals surface area contributed by atoms with E-state index in [2.05, 4.69) is 10.2 Å². The first kappa shape index (κ1) is 16.5. The molecule has 0 amide bonds. The van der Waals surface area contributed by atoms with E-state index in [4.69, 9.17) is 4.98 Å². The van der Waals surface area contributed by atoms with Crippen LogP contribution in [0.25, 0.3) is 22.2 Å². The molecule has 1 aliphatic heterocycles. The van der Waals surface area contributed by atoms with Gasteiger partial charge in [0.15, 0.2) is 0 Å². The molecule has 2 heterocycles. The van der Waals surface area contributed by atoms with Crippen molar-refractivity contribution in [3.63, 3.8) is 0 Å². The smallest absolute Gasteiger partial charge is 0.338 e. The van der Waals surface area contributed by atoms with Crippen LogP contribution in [0, 0.1) is 6.92 Å². The third-order valence-corrected chi connectivity index (χ3v) is 4.89. The van der Waals surface area contributed by atoms with Crippen molar-refractivity contribution in [1.82, 2.24) is 10.3 Å². The predicted molar refractivity (Wildman–Crippen MR) is 104 cm³/mol. The average Bonchev–Trinajstić information content (AvgIpc) is 2.68. The average molecular weight is 347 g/mol. The Kier molecular flexibility index (Phi) is 4.31. The number of hydrogen-bond donors (Lipinski definition) is 2. The van der Waals surface area contributed by atoms with Crippen LogP contribution in [0.2, 0.25) is 0 Å². The number of carbonyl (C=O) groups is 1. The van der Waals surface area contributed by atoms with Crippen LogP contribution < -0.4 is 10.2 Å². The van der Waals surface area contributed by atoms with Gasteiger partial charge in [-0.15, -0.1) is 0 Å². The van der Waals surface area contributed by atoms with Crippen LogP contribution in [0.4, 0.5) is 5.69 Å². The highest BCUT2D eigenvalue weighted by molar-refractivity contribution is 6.11. The van der Waals surface area contributed by atoms with E-state index < -0.39 is 5.97 Å². The van der Waals surface area contributed by atoms with Gasteiger partial charge in [-0.3, -0.25) is 0 Å². The second-order valence-corrected chi connectivity index (χ2v) is 6.56. The summed E-state index contributed by atoms with van der Waals surface area (Å²) in [6.45, 7) is 5.14. The Morgan fingerprint density at radius 3 is 2.50 bits per heavy atom. The van der Waals surface area contributed by atoms with Crippen molar-refractivity contribution in [2.75, 3.05) is 31.1 Å². The lowest BCUT2D eigenvalue weighted by molar-refractivity contribution is 0.0699. The van der Waals surface area contributed by atoms with Gasteiger partial charge in [-0.25, -0.2) is 9.78 Å². The number of nitrogens with one attached hydrogen (secondary N) is 1. The quantitative estimate of drug-likeness (QED) is 0.761. The van der Waals surface area contributed by atoms with Gasteiger partial charge in [0, 0.05) is 37.1 Å². The lowest BCUT2D eigenvalue weighted by Gasteiger charge is -2.32. The fourth-order valence-electron chi connectivity index (χ4n) is 3.68. The minimum absolute atomic E-state index is 0.355. The SMILES string of the molecule is Cc1cccc2nc(-c3ccccc3)c(N3CCNCC3)c(C(=O)O)c12. The Hall–Kier alpha value is -2.92. The molecule has 0 aliphatic carbocycles. The summed E-state index contributed by atoms with van der Waals surface area (Å²) >= 11 is 0. The molecule has 0 spiro atoms. The van der Waals surface area contributed by atoms with Gasteiger partial charge >= 0.3 is 5.97 Å². The summed E-state index contributed by atoms with van der Waals surface area (Å²) in [5.74, 6) is -0.905. The van der Waals surface area contributed by atoms with Gasteiger partial charge < -0.3 is 15.3 Å². The summed E-state index contributed by atoms with van der Waals surface area (Å²) in [4.78, 5) is 19.4. The number of fused-ring (bicyclic) bond motifs is 1.